The van der Waals surface area contributed by atoms with Gasteiger partial charge < -0.3 is 9.15 Å². The highest BCUT2D eigenvalue weighted by molar-refractivity contribution is 6.23. The molecule has 0 N–H and O–H groups in total. The Bertz CT molecular complexity index is 1460. The van der Waals surface area contributed by atoms with E-state index in [2.05, 4.69) is 0 Å². The zero-order valence-corrected chi connectivity index (χ0v) is 20.1. The maximum Gasteiger partial charge on any atom is 0.338 e. The van der Waals surface area contributed by atoms with Gasteiger partial charge in [-0.2, -0.15) is 0 Å². The molecule has 0 unspecified atom stereocenters. The largest absolute Gasteiger partial charge is 0.462 e. The zero-order valence-electron chi connectivity index (χ0n) is 20.1. The van der Waals surface area contributed by atoms with E-state index in [-0.39, 0.29) is 11.9 Å². The highest BCUT2D eigenvalue weighted by Crippen LogP contribution is 2.35. The van der Waals surface area contributed by atoms with E-state index in [1.807, 2.05) is 91.9 Å². The average molecular weight is 476 g/mol. The second kappa shape index (κ2) is 9.92. The first kappa shape index (κ1) is 23.1. The normalized spacial score (nSPS) is 14.3. The SMILES string of the molecule is CCOC(=O)c1ccc(-c2ccc(C=C3C=C(c4ccccc4)N(c4ccc(C)cc4)C3=O)o2)cc1. The number of hydrogen-bond acceptors (Lipinski definition) is 4. The second-order valence-electron chi connectivity index (χ2n) is 8.47. The molecular weight excluding hydrogens is 450 g/mol. The summed E-state index contributed by atoms with van der Waals surface area (Å²) < 4.78 is 11.1. The van der Waals surface area contributed by atoms with Crippen molar-refractivity contribution in [1.82, 2.24) is 0 Å². The maximum absolute atomic E-state index is 13.5. The van der Waals surface area contributed by atoms with E-state index in [1.165, 1.54) is 0 Å². The van der Waals surface area contributed by atoms with Gasteiger partial charge in [-0.25, -0.2) is 4.79 Å². The molecule has 178 valence electrons. The molecule has 5 rings (SSSR count). The van der Waals surface area contributed by atoms with Crippen LogP contribution < -0.4 is 4.90 Å². The van der Waals surface area contributed by atoms with E-state index in [1.54, 1.807) is 30.0 Å². The number of aryl methyl sites for hydroxylation is 1. The molecule has 0 saturated heterocycles. The lowest BCUT2D eigenvalue weighted by Gasteiger charge is -2.21. The van der Waals surface area contributed by atoms with Crippen molar-refractivity contribution in [3.8, 4) is 11.3 Å². The van der Waals surface area contributed by atoms with Crippen molar-refractivity contribution in [2.75, 3.05) is 11.5 Å². The van der Waals surface area contributed by atoms with Crippen molar-refractivity contribution in [2.24, 2.45) is 0 Å². The van der Waals surface area contributed by atoms with Gasteiger partial charge >= 0.3 is 5.97 Å². The molecular formula is C31H25NO4. The number of esters is 1. The number of rotatable bonds is 6. The fourth-order valence-corrected chi connectivity index (χ4v) is 4.11. The van der Waals surface area contributed by atoms with Gasteiger partial charge in [0.2, 0.25) is 0 Å². The number of nitrogens with zero attached hydrogens (tertiary/aromatic N) is 1. The van der Waals surface area contributed by atoms with Crippen LogP contribution in [0.25, 0.3) is 23.1 Å². The first-order valence-corrected chi connectivity index (χ1v) is 11.8. The quantitative estimate of drug-likeness (QED) is 0.225. The number of anilines is 1. The molecule has 1 aliphatic rings. The van der Waals surface area contributed by atoms with Crippen LogP contribution in [0.5, 0.6) is 0 Å². The molecule has 0 bridgehead atoms. The van der Waals surface area contributed by atoms with Crippen molar-refractivity contribution in [3.05, 3.63) is 125 Å². The van der Waals surface area contributed by atoms with Gasteiger partial charge in [-0.05, 0) is 68.0 Å². The van der Waals surface area contributed by atoms with E-state index in [9.17, 15) is 9.59 Å². The molecule has 5 nitrogen and oxygen atoms in total. The Balaban J connectivity index is 1.46. The van der Waals surface area contributed by atoms with Gasteiger partial charge in [0.25, 0.3) is 5.91 Å². The Morgan fingerprint density at radius 1 is 0.889 bits per heavy atom. The smallest absolute Gasteiger partial charge is 0.338 e. The molecule has 2 heterocycles. The van der Waals surface area contributed by atoms with Crippen molar-refractivity contribution in [1.29, 1.82) is 0 Å². The van der Waals surface area contributed by atoms with Crippen molar-refractivity contribution in [3.63, 3.8) is 0 Å². The fourth-order valence-electron chi connectivity index (χ4n) is 4.11. The number of furan rings is 1. The predicted octanol–water partition coefficient (Wildman–Crippen LogP) is 6.90. The summed E-state index contributed by atoms with van der Waals surface area (Å²) in [6.45, 7) is 4.13. The summed E-state index contributed by atoms with van der Waals surface area (Å²) in [4.78, 5) is 27.2. The molecule has 1 aromatic heterocycles. The lowest BCUT2D eigenvalue weighted by atomic mass is 10.1. The van der Waals surface area contributed by atoms with Crippen molar-refractivity contribution >= 4 is 29.3 Å². The summed E-state index contributed by atoms with van der Waals surface area (Å²) in [6, 6.07) is 28.5. The maximum atomic E-state index is 13.5. The lowest BCUT2D eigenvalue weighted by Crippen LogP contribution is -2.24. The monoisotopic (exact) mass is 475 g/mol. The van der Waals surface area contributed by atoms with Gasteiger partial charge in [0, 0.05) is 16.8 Å². The van der Waals surface area contributed by atoms with Crippen LogP contribution in [0.3, 0.4) is 0 Å². The molecule has 0 fully saturated rings. The molecule has 1 amide bonds. The third-order valence-electron chi connectivity index (χ3n) is 5.95. The number of carbonyl (C=O) groups excluding carboxylic acids is 2. The van der Waals surface area contributed by atoms with Crippen LogP contribution in [-0.2, 0) is 9.53 Å². The average Bonchev–Trinajstić information content (AvgIpc) is 3.50. The number of hydrogen-bond donors (Lipinski definition) is 0. The molecule has 0 aliphatic carbocycles. The fraction of sp³-hybridized carbons (Fsp3) is 0.0968. The van der Waals surface area contributed by atoms with Crippen LogP contribution in [0, 0.1) is 6.92 Å². The van der Waals surface area contributed by atoms with Crippen LogP contribution in [0.15, 0.2) is 107 Å². The van der Waals surface area contributed by atoms with Gasteiger partial charge in [-0.1, -0.05) is 60.2 Å². The standard InChI is InChI=1S/C31H25NO4/c1-3-35-31(34)24-13-11-23(12-14-24)29-18-17-27(36-29)19-25-20-28(22-7-5-4-6-8-22)32(30(25)33)26-15-9-21(2)10-16-26/h4-20H,3H2,1-2H3. The van der Waals surface area contributed by atoms with Crippen LogP contribution in [-0.4, -0.2) is 18.5 Å². The summed E-state index contributed by atoms with van der Waals surface area (Å²) in [5.74, 6) is 0.741. The number of ether oxygens (including phenoxy) is 1. The van der Waals surface area contributed by atoms with E-state index < -0.39 is 0 Å². The van der Waals surface area contributed by atoms with Crippen molar-refractivity contribution in [2.45, 2.75) is 13.8 Å². The molecule has 0 saturated carbocycles. The number of carbonyl (C=O) groups is 2. The minimum Gasteiger partial charge on any atom is -0.462 e. The van der Waals surface area contributed by atoms with Crippen LogP contribution in [0.4, 0.5) is 5.69 Å². The summed E-state index contributed by atoms with van der Waals surface area (Å²) in [7, 11) is 0. The predicted molar refractivity (Wildman–Crippen MR) is 141 cm³/mol. The highest BCUT2D eigenvalue weighted by Gasteiger charge is 2.30. The summed E-state index contributed by atoms with van der Waals surface area (Å²) >= 11 is 0. The van der Waals surface area contributed by atoms with Crippen molar-refractivity contribution < 1.29 is 18.7 Å². The van der Waals surface area contributed by atoms with Crippen LogP contribution in [0.2, 0.25) is 0 Å². The molecule has 5 heteroatoms. The third-order valence-corrected chi connectivity index (χ3v) is 5.95. The zero-order chi connectivity index (χ0) is 25.1. The van der Waals surface area contributed by atoms with Gasteiger partial charge in [-0.15, -0.1) is 0 Å². The molecule has 0 spiro atoms. The Hall–Kier alpha value is -4.64. The minimum atomic E-state index is -0.354. The lowest BCUT2D eigenvalue weighted by molar-refractivity contribution is -0.113. The van der Waals surface area contributed by atoms with E-state index in [4.69, 9.17) is 9.15 Å². The Morgan fingerprint density at radius 3 is 2.31 bits per heavy atom. The van der Waals surface area contributed by atoms with Gasteiger partial charge in [0.1, 0.15) is 11.5 Å². The molecule has 36 heavy (non-hydrogen) atoms. The number of amides is 1. The first-order valence-electron chi connectivity index (χ1n) is 11.8. The third kappa shape index (κ3) is 4.64. The highest BCUT2D eigenvalue weighted by atomic mass is 16.5. The van der Waals surface area contributed by atoms with Crippen LogP contribution >= 0.6 is 0 Å². The minimum absolute atomic E-state index is 0.116. The first-order chi connectivity index (χ1) is 17.5. The second-order valence-corrected chi connectivity index (χ2v) is 8.47. The molecule has 0 atom stereocenters. The Kier molecular flexibility index (Phi) is 6.37. The van der Waals surface area contributed by atoms with E-state index >= 15 is 0 Å². The van der Waals surface area contributed by atoms with Gasteiger partial charge in [0.15, 0.2) is 0 Å². The summed E-state index contributed by atoms with van der Waals surface area (Å²) in [5.41, 5.74) is 5.56. The molecule has 0 radical (unpaired) electrons. The molecule has 4 aromatic rings. The number of benzene rings is 3. The Morgan fingerprint density at radius 2 is 1.61 bits per heavy atom. The molecule has 3 aromatic carbocycles. The summed E-state index contributed by atoms with van der Waals surface area (Å²) in [6.07, 6.45) is 3.66. The molecule has 1 aliphatic heterocycles. The topological polar surface area (TPSA) is 59.8 Å². The summed E-state index contributed by atoms with van der Waals surface area (Å²) in [5, 5.41) is 0. The van der Waals surface area contributed by atoms with Gasteiger partial charge in [0.05, 0.1) is 17.9 Å². The van der Waals surface area contributed by atoms with Crippen LogP contribution in [0.1, 0.15) is 34.2 Å². The van der Waals surface area contributed by atoms with E-state index in [0.29, 0.717) is 29.3 Å². The van der Waals surface area contributed by atoms with Gasteiger partial charge in [-0.3, -0.25) is 9.69 Å². The Labute approximate surface area is 209 Å². The van der Waals surface area contributed by atoms with E-state index in [0.717, 1.165) is 28.1 Å².